The van der Waals surface area contributed by atoms with Gasteiger partial charge in [0.15, 0.2) is 5.13 Å². The number of ether oxygens (including phenoxy) is 1. The zero-order chi connectivity index (χ0) is 17.6. The van der Waals surface area contributed by atoms with Gasteiger partial charge in [-0.05, 0) is 56.4 Å². The third-order valence-corrected chi connectivity index (χ3v) is 5.01. The minimum Gasteiger partial charge on any atom is -0.494 e. The lowest BCUT2D eigenvalue weighted by Crippen LogP contribution is -2.13. The van der Waals surface area contributed by atoms with Crippen LogP contribution in [0.2, 0.25) is 0 Å². The Morgan fingerprint density at radius 1 is 1.36 bits per heavy atom. The van der Waals surface area contributed by atoms with Gasteiger partial charge in [0.25, 0.3) is 5.91 Å². The van der Waals surface area contributed by atoms with E-state index in [1.54, 1.807) is 6.08 Å². The Balaban J connectivity index is 1.72. The number of rotatable bonds is 5. The molecule has 0 atom stereocenters. The Morgan fingerprint density at radius 2 is 2.12 bits per heavy atom. The number of carbonyl (C=O) groups is 1. The number of nitrogens with zero attached hydrogens (tertiary/aromatic N) is 2. The van der Waals surface area contributed by atoms with E-state index < -0.39 is 5.91 Å². The minimum atomic E-state index is -0.428. The first kappa shape index (κ1) is 17.2. The van der Waals surface area contributed by atoms with Gasteiger partial charge in [0.05, 0.1) is 12.3 Å². The van der Waals surface area contributed by atoms with Crippen LogP contribution >= 0.6 is 11.3 Å². The molecule has 1 amide bonds. The Labute approximate surface area is 151 Å². The second kappa shape index (κ2) is 7.95. The number of hydrogen-bond acceptors (Lipinski definition) is 5. The lowest BCUT2D eigenvalue weighted by molar-refractivity contribution is -0.112. The molecule has 0 bridgehead atoms. The molecule has 0 saturated heterocycles. The molecule has 128 valence electrons. The first-order valence-corrected chi connectivity index (χ1v) is 9.16. The summed E-state index contributed by atoms with van der Waals surface area (Å²) in [7, 11) is 0. The molecule has 1 N–H and O–H groups in total. The lowest BCUT2D eigenvalue weighted by atomic mass is 10.0. The van der Waals surface area contributed by atoms with Gasteiger partial charge in [0.1, 0.15) is 17.4 Å². The third-order valence-electron chi connectivity index (χ3n) is 3.93. The summed E-state index contributed by atoms with van der Waals surface area (Å²) in [5, 5.41) is 12.6. The van der Waals surface area contributed by atoms with Gasteiger partial charge in [-0.2, -0.15) is 5.26 Å². The number of benzene rings is 1. The molecule has 5 nitrogen and oxygen atoms in total. The molecule has 2 aromatic rings. The summed E-state index contributed by atoms with van der Waals surface area (Å²) < 4.78 is 5.39. The van der Waals surface area contributed by atoms with Gasteiger partial charge in [0, 0.05) is 4.88 Å². The van der Waals surface area contributed by atoms with Crippen LogP contribution in [-0.2, 0) is 17.6 Å². The summed E-state index contributed by atoms with van der Waals surface area (Å²) in [6.45, 7) is 2.52. The summed E-state index contributed by atoms with van der Waals surface area (Å²) in [6, 6.07) is 9.23. The topological polar surface area (TPSA) is 75.0 Å². The molecule has 1 aliphatic rings. The van der Waals surface area contributed by atoms with Gasteiger partial charge in [0.2, 0.25) is 0 Å². The number of amides is 1. The highest BCUT2D eigenvalue weighted by Gasteiger charge is 2.17. The van der Waals surface area contributed by atoms with Gasteiger partial charge in [-0.15, -0.1) is 11.3 Å². The fourth-order valence-electron chi connectivity index (χ4n) is 2.71. The van der Waals surface area contributed by atoms with Crippen LogP contribution in [0.3, 0.4) is 0 Å². The van der Waals surface area contributed by atoms with E-state index in [0.29, 0.717) is 11.7 Å². The number of aryl methyl sites for hydroxylation is 2. The molecule has 0 aliphatic heterocycles. The van der Waals surface area contributed by atoms with Crippen molar-refractivity contribution in [3.63, 3.8) is 0 Å². The van der Waals surface area contributed by atoms with E-state index in [9.17, 15) is 10.1 Å². The second-order valence-electron chi connectivity index (χ2n) is 5.72. The predicted molar refractivity (Wildman–Crippen MR) is 98.6 cm³/mol. The molecule has 0 radical (unpaired) electrons. The van der Waals surface area contributed by atoms with Crippen LogP contribution in [0.5, 0.6) is 5.75 Å². The number of nitriles is 1. The van der Waals surface area contributed by atoms with Crippen molar-refractivity contribution < 1.29 is 9.53 Å². The molecule has 1 aromatic carbocycles. The summed E-state index contributed by atoms with van der Waals surface area (Å²) >= 11 is 1.51. The summed E-state index contributed by atoms with van der Waals surface area (Å²) in [5.41, 5.74) is 1.91. The number of carbonyl (C=O) groups excluding carboxylic acids is 1. The number of thiazole rings is 1. The smallest absolute Gasteiger partial charge is 0.268 e. The average Bonchev–Trinajstić information content (AvgIpc) is 3.03. The van der Waals surface area contributed by atoms with E-state index in [-0.39, 0.29) is 5.57 Å². The van der Waals surface area contributed by atoms with Crippen molar-refractivity contribution in [2.75, 3.05) is 11.9 Å². The zero-order valence-electron chi connectivity index (χ0n) is 14.0. The standard InChI is InChI=1S/C19H19N3O2S/c1-2-24-15-9-7-13(8-10-15)11-14(12-20)18(23)22-19-21-16-5-3-4-6-17(16)25-19/h7-11H,2-6H2,1H3,(H,21,22,23)/b14-11+. The molecule has 0 spiro atoms. The number of anilines is 1. The molecule has 1 heterocycles. The maximum atomic E-state index is 12.4. The Morgan fingerprint density at radius 3 is 2.80 bits per heavy atom. The van der Waals surface area contributed by atoms with E-state index in [2.05, 4.69) is 10.3 Å². The van der Waals surface area contributed by atoms with Gasteiger partial charge >= 0.3 is 0 Å². The van der Waals surface area contributed by atoms with Gasteiger partial charge in [-0.3, -0.25) is 10.1 Å². The fraction of sp³-hybridized carbons (Fsp3) is 0.316. The van der Waals surface area contributed by atoms with Gasteiger partial charge in [-0.1, -0.05) is 12.1 Å². The Bertz CT molecular complexity index is 808. The lowest BCUT2D eigenvalue weighted by Gasteiger charge is -2.06. The van der Waals surface area contributed by atoms with Crippen LogP contribution in [0.1, 0.15) is 35.9 Å². The van der Waals surface area contributed by atoms with Crippen LogP contribution in [0, 0.1) is 11.3 Å². The van der Waals surface area contributed by atoms with Crippen molar-refractivity contribution in [1.82, 2.24) is 4.98 Å². The number of nitrogens with one attached hydrogen (secondary N) is 1. The van der Waals surface area contributed by atoms with Crippen LogP contribution in [0.4, 0.5) is 5.13 Å². The third kappa shape index (κ3) is 4.25. The van der Waals surface area contributed by atoms with Gasteiger partial charge in [-0.25, -0.2) is 4.98 Å². The minimum absolute atomic E-state index is 0.0531. The molecular formula is C19H19N3O2S. The molecule has 6 heteroatoms. The van der Waals surface area contributed by atoms with Crippen LogP contribution in [-0.4, -0.2) is 17.5 Å². The normalized spacial score (nSPS) is 13.7. The molecule has 3 rings (SSSR count). The zero-order valence-corrected chi connectivity index (χ0v) is 14.9. The number of hydrogen-bond donors (Lipinski definition) is 1. The van der Waals surface area contributed by atoms with E-state index in [1.165, 1.54) is 22.6 Å². The van der Waals surface area contributed by atoms with Crippen molar-refractivity contribution in [3.05, 3.63) is 46.0 Å². The molecule has 0 saturated carbocycles. The van der Waals surface area contributed by atoms with Crippen molar-refractivity contribution >= 4 is 28.5 Å². The highest BCUT2D eigenvalue weighted by molar-refractivity contribution is 7.15. The number of fused-ring (bicyclic) bond motifs is 1. The number of aromatic nitrogens is 1. The first-order chi connectivity index (χ1) is 12.2. The predicted octanol–water partition coefficient (Wildman–Crippen LogP) is 3.97. The first-order valence-electron chi connectivity index (χ1n) is 8.34. The monoisotopic (exact) mass is 353 g/mol. The highest BCUT2D eigenvalue weighted by atomic mass is 32.1. The molecule has 0 unspecified atom stereocenters. The van der Waals surface area contributed by atoms with Crippen molar-refractivity contribution in [2.24, 2.45) is 0 Å². The Hall–Kier alpha value is -2.65. The quantitative estimate of drug-likeness (QED) is 0.652. The average molecular weight is 353 g/mol. The maximum absolute atomic E-state index is 12.4. The maximum Gasteiger partial charge on any atom is 0.268 e. The van der Waals surface area contributed by atoms with E-state index in [0.717, 1.165) is 36.3 Å². The molecule has 25 heavy (non-hydrogen) atoms. The van der Waals surface area contributed by atoms with E-state index in [4.69, 9.17) is 4.74 Å². The summed E-state index contributed by atoms with van der Waals surface area (Å²) in [4.78, 5) is 18.1. The second-order valence-corrected chi connectivity index (χ2v) is 6.81. The molecule has 1 aromatic heterocycles. The van der Waals surface area contributed by atoms with E-state index >= 15 is 0 Å². The van der Waals surface area contributed by atoms with Crippen molar-refractivity contribution in [3.8, 4) is 11.8 Å². The molecule has 1 aliphatic carbocycles. The summed E-state index contributed by atoms with van der Waals surface area (Å²) in [5.74, 6) is 0.332. The summed E-state index contributed by atoms with van der Waals surface area (Å²) in [6.07, 6.45) is 5.87. The Kier molecular flexibility index (Phi) is 5.46. The SMILES string of the molecule is CCOc1ccc(/C=C(\C#N)C(=O)Nc2nc3c(s2)CCCC3)cc1. The van der Waals surface area contributed by atoms with Crippen molar-refractivity contribution in [1.29, 1.82) is 5.26 Å². The van der Waals surface area contributed by atoms with Gasteiger partial charge < -0.3 is 4.74 Å². The fourth-order valence-corrected chi connectivity index (χ4v) is 3.76. The van der Waals surface area contributed by atoms with Crippen molar-refractivity contribution in [2.45, 2.75) is 32.6 Å². The highest BCUT2D eigenvalue weighted by Crippen LogP contribution is 2.29. The van der Waals surface area contributed by atoms with Crippen LogP contribution in [0.25, 0.3) is 6.08 Å². The van der Waals surface area contributed by atoms with E-state index in [1.807, 2.05) is 37.3 Å². The molecule has 0 fully saturated rings. The molecular weight excluding hydrogens is 334 g/mol. The largest absolute Gasteiger partial charge is 0.494 e. The van der Waals surface area contributed by atoms with Crippen LogP contribution in [0.15, 0.2) is 29.8 Å². The van der Waals surface area contributed by atoms with Crippen LogP contribution < -0.4 is 10.1 Å².